The Bertz CT molecular complexity index is 1030. The molecule has 0 saturated heterocycles. The van der Waals surface area contributed by atoms with E-state index >= 15 is 0 Å². The summed E-state index contributed by atoms with van der Waals surface area (Å²) in [6.07, 6.45) is 1.78. The van der Waals surface area contributed by atoms with Crippen LogP contribution in [0.5, 0.6) is 11.5 Å². The molecule has 4 rings (SSSR count). The molecular formula is C22H23N3O3. The Morgan fingerprint density at radius 2 is 2.11 bits per heavy atom. The van der Waals surface area contributed by atoms with E-state index in [2.05, 4.69) is 11.2 Å². The summed E-state index contributed by atoms with van der Waals surface area (Å²) in [5.41, 5.74) is 4.80. The van der Waals surface area contributed by atoms with Crippen LogP contribution in [-0.4, -0.2) is 29.3 Å². The summed E-state index contributed by atoms with van der Waals surface area (Å²) in [7, 11) is 1.76. The summed E-state index contributed by atoms with van der Waals surface area (Å²) in [4.78, 5) is 14.6. The van der Waals surface area contributed by atoms with Gasteiger partial charge in [0.1, 0.15) is 24.7 Å². The minimum atomic E-state index is -0.0706. The van der Waals surface area contributed by atoms with Crippen LogP contribution in [0.4, 0.5) is 5.69 Å². The zero-order valence-corrected chi connectivity index (χ0v) is 16.3. The maximum atomic E-state index is 13.0. The van der Waals surface area contributed by atoms with Crippen LogP contribution in [0.3, 0.4) is 0 Å². The molecule has 3 aromatic rings. The normalized spacial score (nSPS) is 12.0. The minimum absolute atomic E-state index is 0.0706. The number of likely N-dealkylation sites (N-methyl/N-ethyl adjacent to an activating group) is 1. The van der Waals surface area contributed by atoms with Gasteiger partial charge in [-0.1, -0.05) is 23.8 Å². The first kappa shape index (κ1) is 18.1. The Balaban J connectivity index is 1.63. The van der Waals surface area contributed by atoms with E-state index in [-0.39, 0.29) is 12.5 Å². The fraction of sp³-hybridized carbons (Fsp3) is 0.273. The van der Waals surface area contributed by atoms with Crippen molar-refractivity contribution >= 4 is 11.6 Å². The van der Waals surface area contributed by atoms with Crippen LogP contribution in [0.25, 0.3) is 11.3 Å². The first-order valence-electron chi connectivity index (χ1n) is 9.35. The van der Waals surface area contributed by atoms with Crippen molar-refractivity contribution in [2.75, 3.05) is 18.6 Å². The third kappa shape index (κ3) is 3.22. The summed E-state index contributed by atoms with van der Waals surface area (Å²) in [5, 5.41) is 4.46. The summed E-state index contributed by atoms with van der Waals surface area (Å²) in [6.45, 7) is 5.11. The SMILES string of the molecule is CCOc1ccccc1N(C)C(=O)Cn1ncc2c1-c1cc(C)ccc1OC2. The Morgan fingerprint density at radius 1 is 1.29 bits per heavy atom. The number of nitrogens with zero attached hydrogens (tertiary/aromatic N) is 3. The fourth-order valence-electron chi connectivity index (χ4n) is 3.45. The minimum Gasteiger partial charge on any atom is -0.492 e. The smallest absolute Gasteiger partial charge is 0.248 e. The van der Waals surface area contributed by atoms with E-state index in [0.717, 1.165) is 33.8 Å². The van der Waals surface area contributed by atoms with Crippen molar-refractivity contribution in [3.05, 3.63) is 59.8 Å². The Morgan fingerprint density at radius 3 is 2.93 bits per heavy atom. The maximum Gasteiger partial charge on any atom is 0.248 e. The second kappa shape index (κ2) is 7.38. The number of fused-ring (bicyclic) bond motifs is 3. The summed E-state index contributed by atoms with van der Waals surface area (Å²) >= 11 is 0. The van der Waals surface area contributed by atoms with Gasteiger partial charge in [0, 0.05) is 18.2 Å². The molecule has 0 spiro atoms. The molecule has 0 aliphatic carbocycles. The molecule has 1 aliphatic rings. The van der Waals surface area contributed by atoms with Gasteiger partial charge in [-0.15, -0.1) is 0 Å². The van der Waals surface area contributed by atoms with Gasteiger partial charge in [0.15, 0.2) is 0 Å². The largest absolute Gasteiger partial charge is 0.492 e. The Labute approximate surface area is 164 Å². The van der Waals surface area contributed by atoms with Crippen LogP contribution >= 0.6 is 0 Å². The topological polar surface area (TPSA) is 56.6 Å². The number of hydrogen-bond acceptors (Lipinski definition) is 4. The molecule has 0 bridgehead atoms. The standard InChI is InChI=1S/C22H23N3O3/c1-4-27-20-8-6-5-7-18(20)24(3)21(26)13-25-22-16(12-23-25)14-28-19-10-9-15(2)11-17(19)22/h5-12H,4,13-14H2,1-3H3. The first-order chi connectivity index (χ1) is 13.6. The molecule has 2 heterocycles. The van der Waals surface area contributed by atoms with Crippen LogP contribution in [0.2, 0.25) is 0 Å². The van der Waals surface area contributed by atoms with Gasteiger partial charge in [0.25, 0.3) is 0 Å². The van der Waals surface area contributed by atoms with E-state index in [1.165, 1.54) is 0 Å². The van der Waals surface area contributed by atoms with E-state index in [1.54, 1.807) is 22.8 Å². The average molecular weight is 377 g/mol. The van der Waals surface area contributed by atoms with Crippen LogP contribution in [0.15, 0.2) is 48.7 Å². The van der Waals surface area contributed by atoms with Gasteiger partial charge in [-0.25, -0.2) is 0 Å². The lowest BCUT2D eigenvalue weighted by Crippen LogP contribution is -2.31. The van der Waals surface area contributed by atoms with Crippen LogP contribution in [0, 0.1) is 6.92 Å². The summed E-state index contributed by atoms with van der Waals surface area (Å²) in [5.74, 6) is 1.44. The first-order valence-corrected chi connectivity index (χ1v) is 9.35. The molecule has 0 saturated carbocycles. The lowest BCUT2D eigenvalue weighted by molar-refractivity contribution is -0.119. The van der Waals surface area contributed by atoms with Crippen molar-refractivity contribution in [2.45, 2.75) is 27.0 Å². The van der Waals surface area contributed by atoms with Crippen molar-refractivity contribution < 1.29 is 14.3 Å². The number of amides is 1. The zero-order chi connectivity index (χ0) is 19.7. The molecule has 0 unspecified atom stereocenters. The quantitative estimate of drug-likeness (QED) is 0.678. The monoisotopic (exact) mass is 377 g/mol. The highest BCUT2D eigenvalue weighted by Gasteiger charge is 2.24. The lowest BCUT2D eigenvalue weighted by Gasteiger charge is -2.22. The van der Waals surface area contributed by atoms with E-state index in [1.807, 2.05) is 50.2 Å². The molecule has 6 nitrogen and oxygen atoms in total. The highest BCUT2D eigenvalue weighted by Crippen LogP contribution is 2.38. The highest BCUT2D eigenvalue weighted by molar-refractivity contribution is 5.94. The number of para-hydroxylation sites is 2. The van der Waals surface area contributed by atoms with Gasteiger partial charge in [-0.2, -0.15) is 5.10 Å². The van der Waals surface area contributed by atoms with Crippen molar-refractivity contribution in [1.29, 1.82) is 0 Å². The van der Waals surface area contributed by atoms with Crippen molar-refractivity contribution in [3.63, 3.8) is 0 Å². The lowest BCUT2D eigenvalue weighted by atomic mass is 10.0. The molecule has 0 radical (unpaired) electrons. The molecule has 28 heavy (non-hydrogen) atoms. The zero-order valence-electron chi connectivity index (χ0n) is 16.3. The fourth-order valence-corrected chi connectivity index (χ4v) is 3.45. The number of carbonyl (C=O) groups is 1. The van der Waals surface area contributed by atoms with E-state index in [9.17, 15) is 4.79 Å². The molecule has 0 atom stereocenters. The van der Waals surface area contributed by atoms with Crippen LogP contribution in [-0.2, 0) is 17.9 Å². The van der Waals surface area contributed by atoms with Crippen LogP contribution < -0.4 is 14.4 Å². The predicted molar refractivity (Wildman–Crippen MR) is 108 cm³/mol. The van der Waals surface area contributed by atoms with Gasteiger partial charge < -0.3 is 14.4 Å². The van der Waals surface area contributed by atoms with E-state index in [4.69, 9.17) is 9.47 Å². The molecule has 1 aliphatic heterocycles. The Kier molecular flexibility index (Phi) is 4.77. The van der Waals surface area contributed by atoms with E-state index < -0.39 is 0 Å². The molecule has 0 fully saturated rings. The molecule has 0 N–H and O–H groups in total. The number of hydrogen-bond donors (Lipinski definition) is 0. The molecule has 6 heteroatoms. The number of ether oxygens (including phenoxy) is 2. The van der Waals surface area contributed by atoms with E-state index in [0.29, 0.717) is 19.0 Å². The summed E-state index contributed by atoms with van der Waals surface area (Å²) < 4.78 is 13.2. The third-order valence-electron chi connectivity index (χ3n) is 4.87. The van der Waals surface area contributed by atoms with Gasteiger partial charge in [-0.05, 0) is 38.1 Å². The maximum absolute atomic E-state index is 13.0. The van der Waals surface area contributed by atoms with Gasteiger partial charge >= 0.3 is 0 Å². The molecule has 1 amide bonds. The Hall–Kier alpha value is -3.28. The predicted octanol–water partition coefficient (Wildman–Crippen LogP) is 3.81. The number of benzene rings is 2. The van der Waals surface area contributed by atoms with Gasteiger partial charge in [0.2, 0.25) is 5.91 Å². The number of aryl methyl sites for hydroxylation is 1. The van der Waals surface area contributed by atoms with Crippen LogP contribution in [0.1, 0.15) is 18.1 Å². The van der Waals surface area contributed by atoms with Crippen molar-refractivity contribution in [1.82, 2.24) is 9.78 Å². The molecule has 144 valence electrons. The molecule has 1 aromatic heterocycles. The van der Waals surface area contributed by atoms with Crippen molar-refractivity contribution in [3.8, 4) is 22.8 Å². The second-order valence-corrected chi connectivity index (χ2v) is 6.82. The number of rotatable bonds is 5. The molecule has 2 aromatic carbocycles. The molecular weight excluding hydrogens is 354 g/mol. The van der Waals surface area contributed by atoms with Crippen molar-refractivity contribution in [2.24, 2.45) is 0 Å². The average Bonchev–Trinajstić information content (AvgIpc) is 3.11. The summed E-state index contributed by atoms with van der Waals surface area (Å²) in [6, 6.07) is 13.6. The van der Waals surface area contributed by atoms with Gasteiger partial charge in [-0.3, -0.25) is 9.48 Å². The number of anilines is 1. The van der Waals surface area contributed by atoms with Gasteiger partial charge in [0.05, 0.1) is 24.2 Å². The third-order valence-corrected chi connectivity index (χ3v) is 4.87. The number of carbonyl (C=O) groups excluding carboxylic acids is 1. The highest BCUT2D eigenvalue weighted by atomic mass is 16.5. The second-order valence-electron chi connectivity index (χ2n) is 6.82. The number of aromatic nitrogens is 2.